The molecule has 3 heterocycles. The van der Waals surface area contributed by atoms with Gasteiger partial charge < -0.3 is 5.73 Å². The second-order valence-corrected chi connectivity index (χ2v) is 5.10. The number of aryl methyl sites for hydroxylation is 1. The van der Waals surface area contributed by atoms with Crippen molar-refractivity contribution in [3.8, 4) is 11.3 Å². The number of imidazole rings is 1. The minimum atomic E-state index is -0.412. The first-order valence-corrected chi connectivity index (χ1v) is 6.41. The summed E-state index contributed by atoms with van der Waals surface area (Å²) in [7, 11) is 0. The van der Waals surface area contributed by atoms with E-state index in [1.165, 1.54) is 6.07 Å². The predicted octanol–water partition coefficient (Wildman–Crippen LogP) is 2.86. The molecule has 6 nitrogen and oxygen atoms in total. The molecule has 7 heteroatoms. The standard InChI is InChI=1S/C12H10N4O2S/c1-7-2-3-9-14-11(12(13)15(9)5-7)8-4-10(16(17)18)19-6-8/h2-6H,13H2,1H3. The number of nitrogen functional groups attached to an aromatic ring is 1. The maximum Gasteiger partial charge on any atom is 0.324 e. The van der Waals surface area contributed by atoms with Gasteiger partial charge in [-0.25, -0.2) is 4.98 Å². The number of nitrogens with zero attached hydrogens (tertiary/aromatic N) is 3. The Morgan fingerprint density at radius 2 is 2.26 bits per heavy atom. The molecule has 0 aromatic carbocycles. The number of hydrogen-bond acceptors (Lipinski definition) is 5. The summed E-state index contributed by atoms with van der Waals surface area (Å²) in [6.07, 6.45) is 1.89. The number of nitro groups is 1. The first-order valence-electron chi connectivity index (χ1n) is 5.54. The van der Waals surface area contributed by atoms with Crippen molar-refractivity contribution in [2.45, 2.75) is 6.92 Å². The zero-order valence-electron chi connectivity index (χ0n) is 10.0. The van der Waals surface area contributed by atoms with E-state index in [2.05, 4.69) is 4.98 Å². The molecule has 96 valence electrons. The van der Waals surface area contributed by atoms with Crippen molar-refractivity contribution >= 4 is 27.8 Å². The summed E-state index contributed by atoms with van der Waals surface area (Å²) in [6, 6.07) is 5.31. The summed E-state index contributed by atoms with van der Waals surface area (Å²) in [5.41, 5.74) is 9.11. The average Bonchev–Trinajstić information content (AvgIpc) is 2.95. The smallest absolute Gasteiger partial charge is 0.324 e. The van der Waals surface area contributed by atoms with E-state index in [-0.39, 0.29) is 5.00 Å². The molecule has 0 unspecified atom stereocenters. The quantitative estimate of drug-likeness (QED) is 0.575. The number of fused-ring (bicyclic) bond motifs is 1. The van der Waals surface area contributed by atoms with Crippen molar-refractivity contribution in [1.82, 2.24) is 9.38 Å². The van der Waals surface area contributed by atoms with E-state index in [4.69, 9.17) is 5.73 Å². The normalized spacial score (nSPS) is 11.0. The van der Waals surface area contributed by atoms with Crippen LogP contribution in [0.4, 0.5) is 10.8 Å². The lowest BCUT2D eigenvalue weighted by Crippen LogP contribution is -1.94. The largest absolute Gasteiger partial charge is 0.383 e. The van der Waals surface area contributed by atoms with Gasteiger partial charge in [0, 0.05) is 23.2 Å². The Labute approximate surface area is 112 Å². The third kappa shape index (κ3) is 1.84. The van der Waals surface area contributed by atoms with E-state index >= 15 is 0 Å². The topological polar surface area (TPSA) is 86.5 Å². The van der Waals surface area contributed by atoms with Gasteiger partial charge in [0.2, 0.25) is 0 Å². The second-order valence-electron chi connectivity index (χ2n) is 4.21. The Morgan fingerprint density at radius 3 is 2.95 bits per heavy atom. The lowest BCUT2D eigenvalue weighted by atomic mass is 10.2. The van der Waals surface area contributed by atoms with E-state index < -0.39 is 4.92 Å². The number of anilines is 1. The molecular formula is C12H10N4O2S. The number of aromatic nitrogens is 2. The van der Waals surface area contributed by atoms with Gasteiger partial charge in [-0.2, -0.15) is 0 Å². The molecule has 0 atom stereocenters. The van der Waals surface area contributed by atoms with Gasteiger partial charge in [-0.05, 0) is 18.6 Å². The van der Waals surface area contributed by atoms with Crippen LogP contribution in [0, 0.1) is 17.0 Å². The molecule has 0 aliphatic carbocycles. The van der Waals surface area contributed by atoms with Crippen molar-refractivity contribution in [2.75, 3.05) is 5.73 Å². The minimum Gasteiger partial charge on any atom is -0.383 e. The summed E-state index contributed by atoms with van der Waals surface area (Å²) >= 11 is 1.07. The first-order chi connectivity index (χ1) is 9.06. The highest BCUT2D eigenvalue weighted by Gasteiger charge is 2.16. The van der Waals surface area contributed by atoms with Gasteiger partial charge in [0.1, 0.15) is 17.2 Å². The Hall–Kier alpha value is -2.41. The average molecular weight is 274 g/mol. The monoisotopic (exact) mass is 274 g/mol. The zero-order chi connectivity index (χ0) is 13.6. The van der Waals surface area contributed by atoms with E-state index in [0.717, 1.165) is 22.5 Å². The first kappa shape index (κ1) is 11.7. The predicted molar refractivity (Wildman–Crippen MR) is 74.3 cm³/mol. The highest BCUT2D eigenvalue weighted by molar-refractivity contribution is 7.13. The maximum atomic E-state index is 10.7. The fourth-order valence-corrected chi connectivity index (χ4v) is 2.63. The molecule has 3 rings (SSSR count). The zero-order valence-corrected chi connectivity index (χ0v) is 10.8. The van der Waals surface area contributed by atoms with Crippen LogP contribution in [0.1, 0.15) is 5.56 Å². The van der Waals surface area contributed by atoms with Crippen molar-refractivity contribution in [3.63, 3.8) is 0 Å². The van der Waals surface area contributed by atoms with Gasteiger partial charge in [0.15, 0.2) is 0 Å². The number of nitrogens with two attached hydrogens (primary N) is 1. The number of hydrogen-bond donors (Lipinski definition) is 1. The van der Waals surface area contributed by atoms with Crippen LogP contribution in [0.3, 0.4) is 0 Å². The second kappa shape index (κ2) is 4.06. The van der Waals surface area contributed by atoms with Crippen molar-refractivity contribution in [3.05, 3.63) is 45.5 Å². The van der Waals surface area contributed by atoms with E-state index in [1.807, 2.05) is 25.3 Å². The summed E-state index contributed by atoms with van der Waals surface area (Å²) in [5, 5.41) is 12.5. The Bertz CT molecular complexity index is 790. The summed E-state index contributed by atoms with van der Waals surface area (Å²) in [5.74, 6) is 0.492. The van der Waals surface area contributed by atoms with Gasteiger partial charge in [-0.3, -0.25) is 14.5 Å². The van der Waals surface area contributed by atoms with Crippen LogP contribution in [-0.2, 0) is 0 Å². The lowest BCUT2D eigenvalue weighted by molar-refractivity contribution is -0.380. The molecule has 0 spiro atoms. The number of thiophene rings is 1. The van der Waals surface area contributed by atoms with Crippen LogP contribution < -0.4 is 5.73 Å². The number of rotatable bonds is 2. The summed E-state index contributed by atoms with van der Waals surface area (Å²) in [6.45, 7) is 1.97. The van der Waals surface area contributed by atoms with Crippen molar-refractivity contribution < 1.29 is 4.92 Å². The van der Waals surface area contributed by atoms with Crippen LogP contribution in [-0.4, -0.2) is 14.3 Å². The SMILES string of the molecule is Cc1ccc2nc(-c3csc([N+](=O)[O-])c3)c(N)n2c1. The van der Waals surface area contributed by atoms with Crippen molar-refractivity contribution in [1.29, 1.82) is 0 Å². The van der Waals surface area contributed by atoms with Gasteiger partial charge in [0.25, 0.3) is 0 Å². The van der Waals surface area contributed by atoms with Gasteiger partial charge in [-0.15, -0.1) is 0 Å². The third-order valence-electron chi connectivity index (χ3n) is 2.84. The van der Waals surface area contributed by atoms with Crippen LogP contribution in [0.25, 0.3) is 16.9 Å². The summed E-state index contributed by atoms with van der Waals surface area (Å²) in [4.78, 5) is 14.7. The molecule has 2 N–H and O–H groups in total. The molecule has 0 bridgehead atoms. The lowest BCUT2D eigenvalue weighted by Gasteiger charge is -1.97. The molecule has 0 aliphatic rings. The highest BCUT2D eigenvalue weighted by Crippen LogP contribution is 2.33. The minimum absolute atomic E-state index is 0.0858. The van der Waals surface area contributed by atoms with Crippen LogP contribution >= 0.6 is 11.3 Å². The Morgan fingerprint density at radius 1 is 1.47 bits per heavy atom. The number of pyridine rings is 1. The molecule has 3 aromatic heterocycles. The molecule has 0 fully saturated rings. The highest BCUT2D eigenvalue weighted by atomic mass is 32.1. The molecule has 0 radical (unpaired) electrons. The summed E-state index contributed by atoms with van der Waals surface area (Å²) < 4.78 is 1.79. The van der Waals surface area contributed by atoms with Gasteiger partial charge >= 0.3 is 5.00 Å². The third-order valence-corrected chi connectivity index (χ3v) is 3.72. The fourth-order valence-electron chi connectivity index (χ4n) is 1.93. The molecule has 0 saturated carbocycles. The van der Waals surface area contributed by atoms with E-state index in [9.17, 15) is 10.1 Å². The van der Waals surface area contributed by atoms with Crippen molar-refractivity contribution in [2.24, 2.45) is 0 Å². The fraction of sp³-hybridized carbons (Fsp3) is 0.0833. The Balaban J connectivity index is 2.19. The van der Waals surface area contributed by atoms with Gasteiger partial charge in [0.05, 0.1) is 4.92 Å². The molecule has 19 heavy (non-hydrogen) atoms. The van der Waals surface area contributed by atoms with E-state index in [1.54, 1.807) is 9.78 Å². The molecular weight excluding hydrogens is 264 g/mol. The molecule has 0 amide bonds. The molecule has 3 aromatic rings. The van der Waals surface area contributed by atoms with E-state index in [0.29, 0.717) is 17.1 Å². The van der Waals surface area contributed by atoms with Crippen LogP contribution in [0.2, 0.25) is 0 Å². The van der Waals surface area contributed by atoms with Gasteiger partial charge in [-0.1, -0.05) is 17.4 Å². The molecule has 0 aliphatic heterocycles. The van der Waals surface area contributed by atoms with Crippen LogP contribution in [0.5, 0.6) is 0 Å². The maximum absolute atomic E-state index is 10.7. The molecule has 0 saturated heterocycles. The van der Waals surface area contributed by atoms with Crippen LogP contribution in [0.15, 0.2) is 29.8 Å². The Kier molecular flexibility index (Phi) is 2.49.